The van der Waals surface area contributed by atoms with E-state index in [-0.39, 0.29) is 12.3 Å². The molecule has 8 heteroatoms. The van der Waals surface area contributed by atoms with Crippen LogP contribution in [0.5, 0.6) is 11.5 Å². The van der Waals surface area contributed by atoms with Crippen molar-refractivity contribution in [3.05, 3.63) is 40.5 Å². The fraction of sp³-hybridized carbons (Fsp3) is 0.409. The summed E-state index contributed by atoms with van der Waals surface area (Å²) < 4.78 is 12.6. The van der Waals surface area contributed by atoms with Gasteiger partial charge < -0.3 is 14.8 Å². The van der Waals surface area contributed by atoms with E-state index in [1.165, 1.54) is 11.3 Å². The SMILES string of the molecule is COc1ccc(-c2csc(NC(=O)Cc3c(C)nn(CC(C)C)c3C)n2)cc1OC. The van der Waals surface area contributed by atoms with Gasteiger partial charge in [0, 0.05) is 28.7 Å². The maximum absolute atomic E-state index is 12.6. The molecule has 1 N–H and O–H groups in total. The van der Waals surface area contributed by atoms with Crippen molar-refractivity contribution in [2.45, 2.75) is 40.7 Å². The molecule has 0 bridgehead atoms. The predicted molar refractivity (Wildman–Crippen MR) is 120 cm³/mol. The van der Waals surface area contributed by atoms with Crippen LogP contribution in [0.1, 0.15) is 30.8 Å². The van der Waals surface area contributed by atoms with Gasteiger partial charge in [0.05, 0.1) is 32.0 Å². The van der Waals surface area contributed by atoms with Crippen LogP contribution in [0.2, 0.25) is 0 Å². The molecular formula is C22H28N4O3S. The number of thiazole rings is 1. The van der Waals surface area contributed by atoms with E-state index in [1.54, 1.807) is 14.2 Å². The summed E-state index contributed by atoms with van der Waals surface area (Å²) in [6, 6.07) is 5.62. The van der Waals surface area contributed by atoms with Gasteiger partial charge in [0.2, 0.25) is 5.91 Å². The number of anilines is 1. The van der Waals surface area contributed by atoms with Crippen LogP contribution in [0.3, 0.4) is 0 Å². The molecule has 3 aromatic rings. The summed E-state index contributed by atoms with van der Waals surface area (Å²) in [4.78, 5) is 17.2. The molecule has 3 rings (SSSR count). The van der Waals surface area contributed by atoms with Crippen LogP contribution in [0, 0.1) is 19.8 Å². The number of nitrogens with zero attached hydrogens (tertiary/aromatic N) is 3. The summed E-state index contributed by atoms with van der Waals surface area (Å²) in [5.74, 6) is 1.69. The van der Waals surface area contributed by atoms with Crippen molar-refractivity contribution in [2.24, 2.45) is 5.92 Å². The number of carbonyl (C=O) groups excluding carboxylic acids is 1. The molecule has 0 atom stereocenters. The Balaban J connectivity index is 1.71. The van der Waals surface area contributed by atoms with Crippen molar-refractivity contribution in [3.63, 3.8) is 0 Å². The first-order valence-corrected chi connectivity index (χ1v) is 10.7. The summed E-state index contributed by atoms with van der Waals surface area (Å²) in [6.45, 7) is 9.12. The predicted octanol–water partition coefficient (Wildman–Crippen LogP) is 4.48. The van der Waals surface area contributed by atoms with Crippen LogP contribution in [-0.2, 0) is 17.8 Å². The van der Waals surface area contributed by atoms with Crippen LogP contribution in [0.25, 0.3) is 11.3 Å². The van der Waals surface area contributed by atoms with Crippen LogP contribution < -0.4 is 14.8 Å². The zero-order chi connectivity index (χ0) is 21.8. The molecular weight excluding hydrogens is 400 g/mol. The van der Waals surface area contributed by atoms with Crippen molar-refractivity contribution < 1.29 is 14.3 Å². The Morgan fingerprint density at radius 3 is 2.60 bits per heavy atom. The Morgan fingerprint density at radius 2 is 1.93 bits per heavy atom. The number of rotatable bonds is 8. The van der Waals surface area contributed by atoms with Crippen LogP contribution >= 0.6 is 11.3 Å². The highest BCUT2D eigenvalue weighted by Gasteiger charge is 2.17. The summed E-state index contributed by atoms with van der Waals surface area (Å²) in [7, 11) is 3.20. The lowest BCUT2D eigenvalue weighted by molar-refractivity contribution is -0.115. The number of nitrogens with one attached hydrogen (secondary N) is 1. The Labute approximate surface area is 181 Å². The van der Waals surface area contributed by atoms with E-state index in [0.29, 0.717) is 22.5 Å². The van der Waals surface area contributed by atoms with Crippen molar-refractivity contribution >= 4 is 22.4 Å². The Hall–Kier alpha value is -2.87. The zero-order valence-electron chi connectivity index (χ0n) is 18.3. The van der Waals surface area contributed by atoms with Gasteiger partial charge in [-0.2, -0.15) is 5.10 Å². The highest BCUT2D eigenvalue weighted by Crippen LogP contribution is 2.33. The van der Waals surface area contributed by atoms with Crippen LogP contribution in [0.15, 0.2) is 23.6 Å². The molecule has 2 heterocycles. The quantitative estimate of drug-likeness (QED) is 0.572. The van der Waals surface area contributed by atoms with E-state index in [1.807, 2.05) is 42.1 Å². The molecule has 0 radical (unpaired) electrons. The number of hydrogen-bond donors (Lipinski definition) is 1. The molecule has 0 fully saturated rings. The normalized spacial score (nSPS) is 11.0. The average Bonchev–Trinajstić information content (AvgIpc) is 3.27. The van der Waals surface area contributed by atoms with Gasteiger partial charge in [-0.05, 0) is 38.0 Å². The Bertz CT molecular complexity index is 1040. The maximum atomic E-state index is 12.6. The summed E-state index contributed by atoms with van der Waals surface area (Å²) >= 11 is 1.39. The first-order valence-electron chi connectivity index (χ1n) is 9.83. The standard InChI is InChI=1S/C22H28N4O3S/c1-13(2)11-26-15(4)17(14(3)25-26)10-21(27)24-22-23-18(12-30-22)16-7-8-19(28-5)20(9-16)29-6/h7-9,12-13H,10-11H2,1-6H3,(H,23,24,27). The van der Waals surface area contributed by atoms with E-state index in [2.05, 4.69) is 29.2 Å². The molecule has 0 unspecified atom stereocenters. The van der Waals surface area contributed by atoms with Crippen molar-refractivity contribution in [1.29, 1.82) is 0 Å². The van der Waals surface area contributed by atoms with Crippen molar-refractivity contribution in [3.8, 4) is 22.8 Å². The van der Waals surface area contributed by atoms with Crippen LogP contribution in [-0.4, -0.2) is 34.9 Å². The fourth-order valence-corrected chi connectivity index (χ4v) is 4.03. The molecule has 7 nitrogen and oxygen atoms in total. The minimum atomic E-state index is -0.0986. The first kappa shape index (κ1) is 21.8. The molecule has 0 aliphatic carbocycles. The number of carbonyl (C=O) groups is 1. The number of aryl methyl sites for hydroxylation is 1. The molecule has 0 aliphatic rings. The smallest absolute Gasteiger partial charge is 0.230 e. The minimum Gasteiger partial charge on any atom is -0.493 e. The van der Waals surface area contributed by atoms with Gasteiger partial charge in [-0.15, -0.1) is 11.3 Å². The highest BCUT2D eigenvalue weighted by molar-refractivity contribution is 7.14. The highest BCUT2D eigenvalue weighted by atomic mass is 32.1. The van der Waals surface area contributed by atoms with Gasteiger partial charge in [0.1, 0.15) is 0 Å². The third-order valence-electron chi connectivity index (χ3n) is 4.84. The van der Waals surface area contributed by atoms with Gasteiger partial charge in [0.15, 0.2) is 16.6 Å². The molecule has 2 aromatic heterocycles. The summed E-state index contributed by atoms with van der Waals surface area (Å²) in [6.07, 6.45) is 0.279. The molecule has 160 valence electrons. The van der Waals surface area contributed by atoms with Gasteiger partial charge in [-0.25, -0.2) is 4.98 Å². The number of methoxy groups -OCH3 is 2. The van der Waals surface area contributed by atoms with E-state index in [0.717, 1.165) is 34.8 Å². The second-order valence-electron chi connectivity index (χ2n) is 7.56. The monoisotopic (exact) mass is 428 g/mol. The van der Waals surface area contributed by atoms with E-state index in [4.69, 9.17) is 9.47 Å². The third-order valence-corrected chi connectivity index (χ3v) is 5.59. The minimum absolute atomic E-state index is 0.0986. The molecule has 0 saturated carbocycles. The zero-order valence-corrected chi connectivity index (χ0v) is 19.1. The molecule has 1 amide bonds. The van der Waals surface area contributed by atoms with Gasteiger partial charge in [0.25, 0.3) is 0 Å². The largest absolute Gasteiger partial charge is 0.493 e. The van der Waals surface area contributed by atoms with Crippen LogP contribution in [0.4, 0.5) is 5.13 Å². The molecule has 1 aromatic carbocycles. The number of aromatic nitrogens is 3. The number of benzene rings is 1. The topological polar surface area (TPSA) is 78.3 Å². The van der Waals surface area contributed by atoms with Gasteiger partial charge >= 0.3 is 0 Å². The second kappa shape index (κ2) is 9.30. The lowest BCUT2D eigenvalue weighted by Crippen LogP contribution is -2.15. The second-order valence-corrected chi connectivity index (χ2v) is 8.42. The number of amides is 1. The van der Waals surface area contributed by atoms with Gasteiger partial charge in [-0.3, -0.25) is 9.48 Å². The molecule has 0 aliphatic heterocycles. The van der Waals surface area contributed by atoms with Gasteiger partial charge in [-0.1, -0.05) is 13.8 Å². The lowest BCUT2D eigenvalue weighted by Gasteiger charge is -2.08. The number of ether oxygens (including phenoxy) is 2. The molecule has 0 spiro atoms. The van der Waals surface area contributed by atoms with Crippen molar-refractivity contribution in [1.82, 2.24) is 14.8 Å². The van der Waals surface area contributed by atoms with E-state index in [9.17, 15) is 4.79 Å². The van der Waals surface area contributed by atoms with E-state index < -0.39 is 0 Å². The van der Waals surface area contributed by atoms with Crippen molar-refractivity contribution in [2.75, 3.05) is 19.5 Å². The fourth-order valence-electron chi connectivity index (χ4n) is 3.30. The third kappa shape index (κ3) is 4.81. The molecule has 0 saturated heterocycles. The Kier molecular flexibility index (Phi) is 6.77. The maximum Gasteiger partial charge on any atom is 0.230 e. The lowest BCUT2D eigenvalue weighted by atomic mass is 10.1. The average molecular weight is 429 g/mol. The number of hydrogen-bond acceptors (Lipinski definition) is 6. The van der Waals surface area contributed by atoms with E-state index >= 15 is 0 Å². The molecule has 30 heavy (non-hydrogen) atoms. The summed E-state index contributed by atoms with van der Waals surface area (Å²) in [5, 5.41) is 9.97. The first-order chi connectivity index (χ1) is 14.3. The Morgan fingerprint density at radius 1 is 1.20 bits per heavy atom. The summed E-state index contributed by atoms with van der Waals surface area (Å²) in [5.41, 5.74) is 4.58.